The third kappa shape index (κ3) is 4.20. The molecule has 1 aliphatic heterocycles. The standard InChI is InChI=1S/C19H15ClF3NO5S3/c1-31(25,26)16-10-12(29-32(27,28)19(21,22)23)9-15-17(16)18(14-3-2-8-24(14)15)30-13-6-4-11(20)5-7-13/h4-7,9-10H,2-3,8H2,1H3. The molecule has 0 amide bonds. The van der Waals surface area contributed by atoms with E-state index in [0.29, 0.717) is 33.8 Å². The first kappa shape index (κ1) is 23.3. The zero-order valence-electron chi connectivity index (χ0n) is 16.3. The molecular formula is C19H15ClF3NO5S3. The summed E-state index contributed by atoms with van der Waals surface area (Å²) in [5.74, 6) is -0.717. The molecule has 1 aromatic heterocycles. The minimum absolute atomic E-state index is 0.296. The van der Waals surface area contributed by atoms with Gasteiger partial charge in [-0.15, -0.1) is 0 Å². The molecule has 0 unspecified atom stereocenters. The van der Waals surface area contributed by atoms with E-state index in [-0.39, 0.29) is 4.90 Å². The summed E-state index contributed by atoms with van der Waals surface area (Å²) in [6.45, 7) is 0.506. The Labute approximate surface area is 191 Å². The Morgan fingerprint density at radius 1 is 1.09 bits per heavy atom. The zero-order valence-corrected chi connectivity index (χ0v) is 19.5. The van der Waals surface area contributed by atoms with Crippen molar-refractivity contribution in [2.75, 3.05) is 6.26 Å². The lowest BCUT2D eigenvalue weighted by Gasteiger charge is -2.12. The minimum Gasteiger partial charge on any atom is -0.376 e. The van der Waals surface area contributed by atoms with Crippen molar-refractivity contribution in [2.45, 2.75) is 39.6 Å². The predicted molar refractivity (Wildman–Crippen MR) is 115 cm³/mol. The van der Waals surface area contributed by atoms with Crippen LogP contribution in [0.3, 0.4) is 0 Å². The second-order valence-corrected chi connectivity index (χ2v) is 12.2. The number of nitrogens with zero attached hydrogens (tertiary/aromatic N) is 1. The molecule has 0 spiro atoms. The van der Waals surface area contributed by atoms with Gasteiger partial charge in [-0.2, -0.15) is 21.6 Å². The topological polar surface area (TPSA) is 82.4 Å². The van der Waals surface area contributed by atoms with Crippen molar-refractivity contribution in [1.82, 2.24) is 4.57 Å². The van der Waals surface area contributed by atoms with Gasteiger partial charge in [0.25, 0.3) is 0 Å². The summed E-state index contributed by atoms with van der Waals surface area (Å²) in [4.78, 5) is 1.13. The van der Waals surface area contributed by atoms with Crippen LogP contribution in [0.5, 0.6) is 5.75 Å². The molecule has 32 heavy (non-hydrogen) atoms. The number of hydrogen-bond donors (Lipinski definition) is 0. The highest BCUT2D eigenvalue weighted by Gasteiger charge is 2.48. The molecule has 0 fully saturated rings. The molecular weight excluding hydrogens is 511 g/mol. The van der Waals surface area contributed by atoms with E-state index in [1.807, 2.05) is 0 Å². The first-order valence-electron chi connectivity index (χ1n) is 9.11. The van der Waals surface area contributed by atoms with Gasteiger partial charge in [0.1, 0.15) is 5.75 Å². The molecule has 6 nitrogen and oxygen atoms in total. The molecule has 0 atom stereocenters. The molecule has 0 radical (unpaired) electrons. The van der Waals surface area contributed by atoms with Crippen molar-refractivity contribution in [1.29, 1.82) is 0 Å². The Morgan fingerprint density at radius 3 is 2.34 bits per heavy atom. The van der Waals surface area contributed by atoms with Crippen molar-refractivity contribution in [2.24, 2.45) is 0 Å². The van der Waals surface area contributed by atoms with Gasteiger partial charge in [0.15, 0.2) is 9.84 Å². The second-order valence-electron chi connectivity index (χ2n) is 7.16. The summed E-state index contributed by atoms with van der Waals surface area (Å²) >= 11 is 7.24. The molecule has 3 aromatic rings. The Kier molecular flexibility index (Phi) is 5.71. The summed E-state index contributed by atoms with van der Waals surface area (Å²) in [5.41, 5.74) is -4.53. The number of benzene rings is 2. The molecule has 4 rings (SSSR count). The first-order valence-corrected chi connectivity index (χ1v) is 13.6. The molecule has 13 heteroatoms. The molecule has 1 aliphatic rings. The Bertz CT molecular complexity index is 1430. The number of hydrogen-bond acceptors (Lipinski definition) is 6. The molecule has 172 valence electrons. The second kappa shape index (κ2) is 7.86. The number of aromatic nitrogens is 1. The van der Waals surface area contributed by atoms with Gasteiger partial charge in [-0.25, -0.2) is 8.42 Å². The monoisotopic (exact) mass is 525 g/mol. The molecule has 0 saturated heterocycles. The van der Waals surface area contributed by atoms with Crippen LogP contribution >= 0.6 is 23.4 Å². The maximum absolute atomic E-state index is 12.8. The van der Waals surface area contributed by atoms with Crippen LogP contribution in [-0.4, -0.2) is 33.2 Å². The van der Waals surface area contributed by atoms with Crippen LogP contribution in [-0.2, 0) is 32.9 Å². The molecule has 2 aromatic carbocycles. The lowest BCUT2D eigenvalue weighted by molar-refractivity contribution is -0.0500. The van der Waals surface area contributed by atoms with E-state index in [0.717, 1.165) is 35.4 Å². The van der Waals surface area contributed by atoms with Crippen LogP contribution in [0.4, 0.5) is 13.2 Å². The zero-order chi connectivity index (χ0) is 23.5. The van der Waals surface area contributed by atoms with Crippen LogP contribution < -0.4 is 4.18 Å². The summed E-state index contributed by atoms with van der Waals surface area (Å²) in [6.07, 6.45) is 2.29. The van der Waals surface area contributed by atoms with Crippen molar-refractivity contribution in [3.05, 3.63) is 47.1 Å². The normalized spacial score (nSPS) is 14.7. The summed E-state index contributed by atoms with van der Waals surface area (Å²) < 4.78 is 92.6. The number of halogens is 4. The van der Waals surface area contributed by atoms with E-state index in [1.54, 1.807) is 28.8 Å². The van der Waals surface area contributed by atoms with Crippen LogP contribution in [0.15, 0.2) is 51.1 Å². The van der Waals surface area contributed by atoms with E-state index in [1.165, 1.54) is 11.8 Å². The van der Waals surface area contributed by atoms with Crippen molar-refractivity contribution in [3.8, 4) is 5.75 Å². The number of sulfone groups is 1. The van der Waals surface area contributed by atoms with Gasteiger partial charge in [-0.1, -0.05) is 23.4 Å². The van der Waals surface area contributed by atoms with Crippen LogP contribution in [0, 0.1) is 0 Å². The van der Waals surface area contributed by atoms with Crippen LogP contribution in [0.1, 0.15) is 12.1 Å². The number of alkyl halides is 3. The summed E-state index contributed by atoms with van der Waals surface area (Å²) in [7, 11) is -9.92. The molecule has 2 heterocycles. The van der Waals surface area contributed by atoms with Crippen LogP contribution in [0.2, 0.25) is 5.02 Å². The highest BCUT2D eigenvalue weighted by molar-refractivity contribution is 7.99. The lowest BCUT2D eigenvalue weighted by Crippen LogP contribution is -2.28. The molecule has 0 N–H and O–H groups in total. The lowest BCUT2D eigenvalue weighted by atomic mass is 10.2. The van der Waals surface area contributed by atoms with E-state index in [9.17, 15) is 30.0 Å². The highest BCUT2D eigenvalue weighted by atomic mass is 35.5. The van der Waals surface area contributed by atoms with Crippen LogP contribution in [0.25, 0.3) is 10.9 Å². The largest absolute Gasteiger partial charge is 0.534 e. The quantitative estimate of drug-likeness (QED) is 0.343. The maximum Gasteiger partial charge on any atom is 0.534 e. The van der Waals surface area contributed by atoms with E-state index < -0.39 is 31.2 Å². The molecule has 0 saturated carbocycles. The van der Waals surface area contributed by atoms with Gasteiger partial charge in [-0.3, -0.25) is 0 Å². The fourth-order valence-electron chi connectivity index (χ4n) is 3.58. The van der Waals surface area contributed by atoms with Crippen molar-refractivity contribution < 1.29 is 34.2 Å². The average Bonchev–Trinajstić information content (AvgIpc) is 3.24. The predicted octanol–water partition coefficient (Wildman–Crippen LogP) is 5.02. The van der Waals surface area contributed by atoms with E-state index >= 15 is 0 Å². The molecule has 0 bridgehead atoms. The summed E-state index contributed by atoms with van der Waals surface area (Å²) in [5, 5.41) is 0.852. The minimum atomic E-state index is -5.96. The Morgan fingerprint density at radius 2 is 1.75 bits per heavy atom. The fraction of sp³-hybridized carbons (Fsp3) is 0.263. The third-order valence-corrected chi connectivity index (χ3v) is 8.38. The van der Waals surface area contributed by atoms with Gasteiger partial charge < -0.3 is 8.75 Å². The number of rotatable bonds is 5. The highest BCUT2D eigenvalue weighted by Crippen LogP contribution is 2.45. The summed E-state index contributed by atoms with van der Waals surface area (Å²) in [6, 6.07) is 8.87. The smallest absolute Gasteiger partial charge is 0.376 e. The maximum atomic E-state index is 12.8. The number of fused-ring (bicyclic) bond motifs is 3. The Balaban J connectivity index is 1.96. The van der Waals surface area contributed by atoms with Crippen molar-refractivity contribution >= 4 is 54.2 Å². The van der Waals surface area contributed by atoms with E-state index in [4.69, 9.17) is 11.6 Å². The van der Waals surface area contributed by atoms with Gasteiger partial charge in [0.05, 0.1) is 10.4 Å². The van der Waals surface area contributed by atoms with Crippen molar-refractivity contribution in [3.63, 3.8) is 0 Å². The van der Waals surface area contributed by atoms with Gasteiger partial charge in [0, 0.05) is 50.8 Å². The average molecular weight is 526 g/mol. The van der Waals surface area contributed by atoms with Gasteiger partial charge >= 0.3 is 15.6 Å². The first-order chi connectivity index (χ1) is 14.8. The molecule has 0 aliphatic carbocycles. The van der Waals surface area contributed by atoms with Gasteiger partial charge in [-0.05, 0) is 37.1 Å². The third-order valence-electron chi connectivity index (χ3n) is 4.88. The fourth-order valence-corrected chi connectivity index (χ4v) is 6.28. The van der Waals surface area contributed by atoms with E-state index in [2.05, 4.69) is 4.18 Å². The number of aryl methyl sites for hydroxylation is 1. The Hall–Kier alpha value is -1.89. The van der Waals surface area contributed by atoms with Gasteiger partial charge in [0.2, 0.25) is 0 Å². The SMILES string of the molecule is CS(=O)(=O)c1cc(OS(=O)(=O)C(F)(F)F)cc2c1c(Sc1ccc(Cl)cc1)c1n2CCC1.